The van der Waals surface area contributed by atoms with Gasteiger partial charge >= 0.3 is 0 Å². The molecule has 1 aliphatic heterocycles. The third-order valence-electron chi connectivity index (χ3n) is 4.59. The van der Waals surface area contributed by atoms with E-state index in [0.29, 0.717) is 24.3 Å². The van der Waals surface area contributed by atoms with E-state index in [1.54, 1.807) is 12.1 Å². The zero-order valence-corrected chi connectivity index (χ0v) is 15.3. The quantitative estimate of drug-likeness (QED) is 0.920. The van der Waals surface area contributed by atoms with Gasteiger partial charge in [0.1, 0.15) is 0 Å². The van der Waals surface area contributed by atoms with E-state index in [1.807, 2.05) is 49.1 Å². The molecule has 0 radical (unpaired) electrons. The molecule has 5 nitrogen and oxygen atoms in total. The molecule has 2 aromatic rings. The molecule has 0 bridgehead atoms. The zero-order chi connectivity index (χ0) is 18.5. The van der Waals surface area contributed by atoms with Gasteiger partial charge < -0.3 is 15.1 Å². The van der Waals surface area contributed by atoms with Crippen LogP contribution in [0, 0.1) is 5.92 Å². The number of nitrogens with zero attached hydrogens (tertiary/aromatic N) is 2. The van der Waals surface area contributed by atoms with E-state index in [9.17, 15) is 9.59 Å². The first-order valence-corrected chi connectivity index (χ1v) is 9.05. The second kappa shape index (κ2) is 8.04. The normalized spacial score (nSPS) is 14.4. The lowest BCUT2D eigenvalue weighted by Gasteiger charge is -2.36. The first-order valence-electron chi connectivity index (χ1n) is 9.05. The summed E-state index contributed by atoms with van der Waals surface area (Å²) in [5.41, 5.74) is 2.47. The minimum Gasteiger partial charge on any atom is -0.368 e. The molecule has 1 aliphatic rings. The Balaban J connectivity index is 1.62. The van der Waals surface area contributed by atoms with Crippen molar-refractivity contribution in [2.45, 2.75) is 13.8 Å². The van der Waals surface area contributed by atoms with Gasteiger partial charge in [0.05, 0.1) is 0 Å². The monoisotopic (exact) mass is 351 g/mol. The molecular weight excluding hydrogens is 326 g/mol. The lowest BCUT2D eigenvalue weighted by Crippen LogP contribution is -2.48. The van der Waals surface area contributed by atoms with Crippen LogP contribution in [0.2, 0.25) is 0 Å². The van der Waals surface area contributed by atoms with Crippen LogP contribution in [-0.2, 0) is 4.79 Å². The highest BCUT2D eigenvalue weighted by Gasteiger charge is 2.22. The third-order valence-corrected chi connectivity index (χ3v) is 4.59. The Hall–Kier alpha value is -2.82. The molecule has 0 aromatic heterocycles. The number of amides is 2. The molecule has 1 fully saturated rings. The summed E-state index contributed by atoms with van der Waals surface area (Å²) in [5.74, 6) is -0.134. The summed E-state index contributed by atoms with van der Waals surface area (Å²) in [4.78, 5) is 28.8. The molecule has 2 aromatic carbocycles. The van der Waals surface area contributed by atoms with Crippen LogP contribution in [0.5, 0.6) is 0 Å². The van der Waals surface area contributed by atoms with E-state index in [-0.39, 0.29) is 17.7 Å². The van der Waals surface area contributed by atoms with Crippen molar-refractivity contribution in [2.24, 2.45) is 5.92 Å². The molecule has 0 atom stereocenters. The van der Waals surface area contributed by atoms with Crippen LogP contribution >= 0.6 is 0 Å². The molecule has 0 saturated carbocycles. The largest absolute Gasteiger partial charge is 0.368 e. The fourth-order valence-corrected chi connectivity index (χ4v) is 3.01. The van der Waals surface area contributed by atoms with E-state index in [2.05, 4.69) is 22.3 Å². The number of anilines is 2. The van der Waals surface area contributed by atoms with Gasteiger partial charge in [-0.15, -0.1) is 0 Å². The van der Waals surface area contributed by atoms with Crippen LogP contribution in [0.3, 0.4) is 0 Å². The molecule has 3 rings (SSSR count). The SMILES string of the molecule is CC(C)C(=O)Nc1cccc(C(=O)N2CCN(c3ccccc3)CC2)c1. The van der Waals surface area contributed by atoms with Crippen molar-refractivity contribution in [2.75, 3.05) is 36.4 Å². The second-order valence-corrected chi connectivity index (χ2v) is 6.84. The fourth-order valence-electron chi connectivity index (χ4n) is 3.01. The van der Waals surface area contributed by atoms with E-state index in [0.717, 1.165) is 13.1 Å². The Morgan fingerprint density at radius 2 is 1.62 bits per heavy atom. The summed E-state index contributed by atoms with van der Waals surface area (Å²) in [6, 6.07) is 17.4. The van der Waals surface area contributed by atoms with Crippen LogP contribution in [-0.4, -0.2) is 42.9 Å². The number of carbonyl (C=O) groups is 2. The Morgan fingerprint density at radius 3 is 2.27 bits per heavy atom. The van der Waals surface area contributed by atoms with Crippen LogP contribution < -0.4 is 10.2 Å². The number of hydrogen-bond donors (Lipinski definition) is 1. The summed E-state index contributed by atoms with van der Waals surface area (Å²) in [6.45, 7) is 6.71. The van der Waals surface area contributed by atoms with Crippen LogP contribution in [0.15, 0.2) is 54.6 Å². The number of carbonyl (C=O) groups excluding carboxylic acids is 2. The van der Waals surface area contributed by atoms with Gasteiger partial charge in [-0.05, 0) is 30.3 Å². The Labute approximate surface area is 154 Å². The standard InChI is InChI=1S/C21H25N3O2/c1-16(2)20(25)22-18-8-6-7-17(15-18)21(26)24-13-11-23(12-14-24)19-9-4-3-5-10-19/h3-10,15-16H,11-14H2,1-2H3,(H,22,25). The molecule has 2 amide bonds. The van der Waals surface area contributed by atoms with Crippen molar-refractivity contribution >= 4 is 23.2 Å². The number of para-hydroxylation sites is 1. The first kappa shape index (κ1) is 18.0. The van der Waals surface area contributed by atoms with E-state index >= 15 is 0 Å². The van der Waals surface area contributed by atoms with Crippen LogP contribution in [0.4, 0.5) is 11.4 Å². The van der Waals surface area contributed by atoms with Crippen molar-refractivity contribution in [3.05, 3.63) is 60.2 Å². The molecule has 1 saturated heterocycles. The fraction of sp³-hybridized carbons (Fsp3) is 0.333. The van der Waals surface area contributed by atoms with Crippen molar-refractivity contribution in [1.82, 2.24) is 4.90 Å². The van der Waals surface area contributed by atoms with Crippen LogP contribution in [0.1, 0.15) is 24.2 Å². The average molecular weight is 351 g/mol. The molecule has 136 valence electrons. The lowest BCUT2D eigenvalue weighted by atomic mass is 10.1. The summed E-state index contributed by atoms with van der Waals surface area (Å²) in [6.07, 6.45) is 0. The topological polar surface area (TPSA) is 52.7 Å². The summed E-state index contributed by atoms with van der Waals surface area (Å²) < 4.78 is 0. The molecule has 1 heterocycles. The smallest absolute Gasteiger partial charge is 0.254 e. The molecule has 0 aliphatic carbocycles. The molecule has 26 heavy (non-hydrogen) atoms. The summed E-state index contributed by atoms with van der Waals surface area (Å²) >= 11 is 0. The third kappa shape index (κ3) is 4.23. The van der Waals surface area contributed by atoms with Gasteiger partial charge in [0.25, 0.3) is 5.91 Å². The Morgan fingerprint density at radius 1 is 0.923 bits per heavy atom. The summed E-state index contributed by atoms with van der Waals surface area (Å²) in [7, 11) is 0. The molecule has 5 heteroatoms. The molecule has 0 unspecified atom stereocenters. The predicted molar refractivity (Wildman–Crippen MR) is 104 cm³/mol. The van der Waals surface area contributed by atoms with E-state index in [1.165, 1.54) is 5.69 Å². The Kier molecular flexibility index (Phi) is 5.56. The number of piperazine rings is 1. The van der Waals surface area contributed by atoms with Crippen molar-refractivity contribution in [3.8, 4) is 0 Å². The second-order valence-electron chi connectivity index (χ2n) is 6.84. The minimum atomic E-state index is -0.0968. The van der Waals surface area contributed by atoms with Crippen molar-refractivity contribution < 1.29 is 9.59 Å². The van der Waals surface area contributed by atoms with Gasteiger partial charge in [0, 0.05) is 49.0 Å². The van der Waals surface area contributed by atoms with E-state index < -0.39 is 0 Å². The zero-order valence-electron chi connectivity index (χ0n) is 15.3. The number of rotatable bonds is 4. The maximum Gasteiger partial charge on any atom is 0.254 e. The number of hydrogen-bond acceptors (Lipinski definition) is 3. The predicted octanol–water partition coefficient (Wildman–Crippen LogP) is 3.24. The maximum atomic E-state index is 12.8. The van der Waals surface area contributed by atoms with Crippen molar-refractivity contribution in [1.29, 1.82) is 0 Å². The maximum absolute atomic E-state index is 12.8. The van der Waals surface area contributed by atoms with Gasteiger partial charge in [0.15, 0.2) is 0 Å². The highest BCUT2D eigenvalue weighted by Crippen LogP contribution is 2.18. The van der Waals surface area contributed by atoms with Gasteiger partial charge in [-0.2, -0.15) is 0 Å². The lowest BCUT2D eigenvalue weighted by molar-refractivity contribution is -0.118. The van der Waals surface area contributed by atoms with Gasteiger partial charge in [-0.3, -0.25) is 9.59 Å². The number of nitrogens with one attached hydrogen (secondary N) is 1. The summed E-state index contributed by atoms with van der Waals surface area (Å²) in [5, 5.41) is 2.85. The van der Waals surface area contributed by atoms with Gasteiger partial charge in [-0.25, -0.2) is 0 Å². The first-order chi connectivity index (χ1) is 12.5. The average Bonchev–Trinajstić information content (AvgIpc) is 2.68. The molecule has 0 spiro atoms. The highest BCUT2D eigenvalue weighted by atomic mass is 16.2. The number of benzene rings is 2. The van der Waals surface area contributed by atoms with Crippen LogP contribution in [0.25, 0.3) is 0 Å². The molecular formula is C21H25N3O2. The van der Waals surface area contributed by atoms with Gasteiger partial charge in [0.2, 0.25) is 5.91 Å². The Bertz CT molecular complexity index is 766. The van der Waals surface area contributed by atoms with Gasteiger partial charge in [-0.1, -0.05) is 38.1 Å². The van der Waals surface area contributed by atoms with Crippen molar-refractivity contribution in [3.63, 3.8) is 0 Å². The van der Waals surface area contributed by atoms with E-state index in [4.69, 9.17) is 0 Å². The molecule has 1 N–H and O–H groups in total. The minimum absolute atomic E-state index is 0.0124. The highest BCUT2D eigenvalue weighted by molar-refractivity contribution is 5.97.